The first-order chi connectivity index (χ1) is 7.29. The van der Waals surface area contributed by atoms with Crippen molar-refractivity contribution in [3.63, 3.8) is 0 Å². The number of hydrogen-bond acceptors (Lipinski definition) is 4. The second-order valence-electron chi connectivity index (χ2n) is 3.84. The fourth-order valence-electron chi connectivity index (χ4n) is 1.83. The van der Waals surface area contributed by atoms with Crippen molar-refractivity contribution in [2.45, 2.75) is 18.9 Å². The van der Waals surface area contributed by atoms with Gasteiger partial charge in [0, 0.05) is 31.0 Å². The quantitative estimate of drug-likeness (QED) is 0.734. The molecule has 0 radical (unpaired) electrons. The summed E-state index contributed by atoms with van der Waals surface area (Å²) in [6, 6.07) is 6.16. The highest BCUT2D eigenvalue weighted by atomic mass is 15.1. The molecule has 1 saturated heterocycles. The largest absolute Gasteiger partial charge is 0.371 e. The third-order valence-corrected chi connectivity index (χ3v) is 2.76. The van der Waals surface area contributed by atoms with Gasteiger partial charge < -0.3 is 10.6 Å². The minimum atomic E-state index is 0.332. The molecule has 2 N–H and O–H groups in total. The minimum Gasteiger partial charge on any atom is -0.371 e. The van der Waals surface area contributed by atoms with Gasteiger partial charge in [-0.25, -0.2) is 4.98 Å². The Balaban J connectivity index is 2.12. The third-order valence-electron chi connectivity index (χ3n) is 2.76. The number of nitrogens with two attached hydrogens (primary N) is 1. The van der Waals surface area contributed by atoms with E-state index < -0.39 is 0 Å². The summed E-state index contributed by atoms with van der Waals surface area (Å²) in [5.74, 6) is 0. The average Bonchev–Trinajstić information content (AvgIpc) is 2.30. The van der Waals surface area contributed by atoms with Crippen molar-refractivity contribution in [3.8, 4) is 6.07 Å². The van der Waals surface area contributed by atoms with E-state index in [2.05, 4.69) is 16.0 Å². The van der Waals surface area contributed by atoms with Crippen LogP contribution in [-0.2, 0) is 0 Å². The van der Waals surface area contributed by atoms with E-state index in [1.165, 1.54) is 0 Å². The summed E-state index contributed by atoms with van der Waals surface area (Å²) in [7, 11) is 0. The van der Waals surface area contributed by atoms with Crippen LogP contribution >= 0.6 is 0 Å². The van der Waals surface area contributed by atoms with Crippen LogP contribution in [0.4, 0.5) is 5.69 Å². The fourth-order valence-corrected chi connectivity index (χ4v) is 1.83. The summed E-state index contributed by atoms with van der Waals surface area (Å²) in [4.78, 5) is 6.21. The van der Waals surface area contributed by atoms with Gasteiger partial charge in [0.05, 0.1) is 0 Å². The van der Waals surface area contributed by atoms with Crippen molar-refractivity contribution in [3.05, 3.63) is 24.0 Å². The standard InChI is InChI=1S/C11H14N4/c12-8-10-7-11(1-4-14-10)15-5-2-9(13)3-6-15/h1,4,7,9H,2-3,5-6,13H2. The molecule has 4 nitrogen and oxygen atoms in total. The second kappa shape index (κ2) is 4.28. The van der Waals surface area contributed by atoms with Crippen molar-refractivity contribution >= 4 is 5.69 Å². The van der Waals surface area contributed by atoms with Crippen molar-refractivity contribution in [1.82, 2.24) is 4.98 Å². The SMILES string of the molecule is N#Cc1cc(N2CCC(N)CC2)ccn1. The normalized spacial score (nSPS) is 17.5. The first-order valence-corrected chi connectivity index (χ1v) is 5.16. The summed E-state index contributed by atoms with van der Waals surface area (Å²) in [5.41, 5.74) is 7.39. The lowest BCUT2D eigenvalue weighted by atomic mass is 10.1. The maximum Gasteiger partial charge on any atom is 0.142 e. The van der Waals surface area contributed by atoms with Crippen molar-refractivity contribution in [2.75, 3.05) is 18.0 Å². The molecule has 0 saturated carbocycles. The molecule has 0 unspecified atom stereocenters. The molecule has 15 heavy (non-hydrogen) atoms. The van der Waals surface area contributed by atoms with Crippen LogP contribution in [0.5, 0.6) is 0 Å². The number of nitriles is 1. The van der Waals surface area contributed by atoms with Gasteiger partial charge in [-0.1, -0.05) is 0 Å². The summed E-state index contributed by atoms with van der Waals surface area (Å²) in [5, 5.41) is 8.75. The number of piperidine rings is 1. The lowest BCUT2D eigenvalue weighted by Crippen LogP contribution is -2.39. The average molecular weight is 202 g/mol. The fraction of sp³-hybridized carbons (Fsp3) is 0.455. The van der Waals surface area contributed by atoms with E-state index >= 15 is 0 Å². The van der Waals surface area contributed by atoms with Crippen LogP contribution in [0, 0.1) is 11.3 Å². The lowest BCUT2D eigenvalue weighted by Gasteiger charge is -2.31. The zero-order valence-electron chi connectivity index (χ0n) is 8.56. The summed E-state index contributed by atoms with van der Waals surface area (Å²) in [6.07, 6.45) is 3.72. The molecule has 1 aromatic rings. The Labute approximate surface area is 89.3 Å². The molecule has 2 rings (SSSR count). The van der Waals surface area contributed by atoms with Gasteiger partial charge in [-0.15, -0.1) is 0 Å². The topological polar surface area (TPSA) is 65.9 Å². The Bertz CT molecular complexity index is 374. The predicted octanol–water partition coefficient (Wildman–Crippen LogP) is 0.881. The number of pyridine rings is 1. The zero-order valence-corrected chi connectivity index (χ0v) is 8.56. The highest BCUT2D eigenvalue weighted by molar-refractivity contribution is 5.49. The van der Waals surface area contributed by atoms with Crippen LogP contribution in [0.2, 0.25) is 0 Å². The van der Waals surface area contributed by atoms with E-state index in [4.69, 9.17) is 11.0 Å². The molecular formula is C11H14N4. The smallest absolute Gasteiger partial charge is 0.142 e. The van der Waals surface area contributed by atoms with Gasteiger partial charge in [0.2, 0.25) is 0 Å². The molecule has 78 valence electrons. The summed E-state index contributed by atoms with van der Waals surface area (Å²) >= 11 is 0. The van der Waals surface area contributed by atoms with E-state index in [0.717, 1.165) is 31.6 Å². The molecule has 0 bridgehead atoms. The van der Waals surface area contributed by atoms with Crippen LogP contribution in [0.1, 0.15) is 18.5 Å². The second-order valence-corrected chi connectivity index (χ2v) is 3.84. The molecule has 0 amide bonds. The van der Waals surface area contributed by atoms with Gasteiger partial charge in [-0.2, -0.15) is 5.26 Å². The van der Waals surface area contributed by atoms with E-state index in [-0.39, 0.29) is 0 Å². The molecule has 4 heteroatoms. The molecule has 1 aliphatic heterocycles. The monoisotopic (exact) mass is 202 g/mol. The maximum atomic E-state index is 8.75. The van der Waals surface area contributed by atoms with Crippen molar-refractivity contribution in [2.24, 2.45) is 5.73 Å². The summed E-state index contributed by atoms with van der Waals surface area (Å²) < 4.78 is 0. The molecule has 1 aromatic heterocycles. The van der Waals surface area contributed by atoms with Crippen LogP contribution < -0.4 is 10.6 Å². The minimum absolute atomic E-state index is 0.332. The number of aromatic nitrogens is 1. The number of nitrogens with zero attached hydrogens (tertiary/aromatic N) is 3. The van der Waals surface area contributed by atoms with E-state index in [9.17, 15) is 0 Å². The van der Waals surface area contributed by atoms with Crippen molar-refractivity contribution < 1.29 is 0 Å². The van der Waals surface area contributed by atoms with Gasteiger partial charge in [-0.3, -0.25) is 0 Å². The summed E-state index contributed by atoms with van der Waals surface area (Å²) in [6.45, 7) is 1.94. The van der Waals surface area contributed by atoms with Crippen LogP contribution in [0.15, 0.2) is 18.3 Å². The highest BCUT2D eigenvalue weighted by Gasteiger charge is 2.16. The highest BCUT2D eigenvalue weighted by Crippen LogP contribution is 2.19. The van der Waals surface area contributed by atoms with Gasteiger partial charge in [0.25, 0.3) is 0 Å². The molecule has 0 aromatic carbocycles. The zero-order chi connectivity index (χ0) is 10.7. The number of hydrogen-bond donors (Lipinski definition) is 1. The third kappa shape index (κ3) is 2.25. The Morgan fingerprint density at radius 2 is 2.20 bits per heavy atom. The van der Waals surface area contributed by atoms with Gasteiger partial charge in [-0.05, 0) is 25.0 Å². The molecule has 0 spiro atoms. The van der Waals surface area contributed by atoms with Gasteiger partial charge >= 0.3 is 0 Å². The molecule has 0 atom stereocenters. The Morgan fingerprint density at radius 1 is 1.47 bits per heavy atom. The first-order valence-electron chi connectivity index (χ1n) is 5.16. The Hall–Kier alpha value is -1.60. The maximum absolute atomic E-state index is 8.75. The molecule has 0 aliphatic carbocycles. The molecule has 1 aliphatic rings. The van der Waals surface area contributed by atoms with Crippen LogP contribution in [0.25, 0.3) is 0 Å². The Kier molecular flexibility index (Phi) is 2.84. The Morgan fingerprint density at radius 3 is 2.87 bits per heavy atom. The van der Waals surface area contributed by atoms with Crippen molar-refractivity contribution in [1.29, 1.82) is 5.26 Å². The molecule has 1 fully saturated rings. The number of rotatable bonds is 1. The van der Waals surface area contributed by atoms with Crippen LogP contribution in [-0.4, -0.2) is 24.1 Å². The van der Waals surface area contributed by atoms with Crippen LogP contribution in [0.3, 0.4) is 0 Å². The molecular weight excluding hydrogens is 188 g/mol. The van der Waals surface area contributed by atoms with Gasteiger partial charge in [0.1, 0.15) is 11.8 Å². The van der Waals surface area contributed by atoms with E-state index in [1.54, 1.807) is 6.20 Å². The lowest BCUT2D eigenvalue weighted by molar-refractivity contribution is 0.501. The first kappa shape index (κ1) is 9.94. The van der Waals surface area contributed by atoms with Gasteiger partial charge in [0.15, 0.2) is 0 Å². The van der Waals surface area contributed by atoms with E-state index in [0.29, 0.717) is 11.7 Å². The van der Waals surface area contributed by atoms with E-state index in [1.807, 2.05) is 12.1 Å². The molecule has 2 heterocycles. The predicted molar refractivity (Wildman–Crippen MR) is 58.4 cm³/mol. The number of anilines is 1.